The number of amides is 3. The molecule has 0 aliphatic heterocycles. The molecular formula is C41H33Cl2N5O4S. The minimum atomic E-state index is -0.719. The van der Waals surface area contributed by atoms with Gasteiger partial charge in [0.05, 0.1) is 11.4 Å². The van der Waals surface area contributed by atoms with Crippen LogP contribution in [0.4, 0.5) is 11.4 Å². The topological polar surface area (TPSA) is 114 Å². The van der Waals surface area contributed by atoms with Crippen molar-refractivity contribution in [2.24, 2.45) is 7.05 Å². The van der Waals surface area contributed by atoms with Crippen LogP contribution in [-0.4, -0.2) is 27.1 Å². The highest BCUT2D eigenvalue weighted by Crippen LogP contribution is 2.37. The summed E-state index contributed by atoms with van der Waals surface area (Å²) in [6.45, 7) is 1.78. The van der Waals surface area contributed by atoms with Crippen molar-refractivity contribution in [3.8, 4) is 5.69 Å². The fourth-order valence-corrected chi connectivity index (χ4v) is 7.02. The molecule has 1 heterocycles. The van der Waals surface area contributed by atoms with Crippen LogP contribution in [-0.2, 0) is 16.6 Å². The molecule has 0 aliphatic rings. The summed E-state index contributed by atoms with van der Waals surface area (Å²) in [5.41, 5.74) is 2.98. The van der Waals surface area contributed by atoms with E-state index in [9.17, 15) is 19.2 Å². The normalized spacial score (nSPS) is 11.8. The van der Waals surface area contributed by atoms with E-state index in [1.807, 2.05) is 60.7 Å². The molecule has 0 saturated heterocycles. The van der Waals surface area contributed by atoms with Gasteiger partial charge in [-0.1, -0.05) is 96.0 Å². The van der Waals surface area contributed by atoms with Crippen LogP contribution in [0.5, 0.6) is 0 Å². The fourth-order valence-electron chi connectivity index (χ4n) is 5.49. The molecule has 3 amide bonds. The Balaban J connectivity index is 1.22. The zero-order chi connectivity index (χ0) is 37.5. The predicted molar refractivity (Wildman–Crippen MR) is 213 cm³/mol. The summed E-state index contributed by atoms with van der Waals surface area (Å²) >= 11 is 14.1. The Kier molecular flexibility index (Phi) is 11.6. The maximum atomic E-state index is 13.9. The number of aromatic nitrogens is 2. The van der Waals surface area contributed by atoms with Crippen molar-refractivity contribution in [1.82, 2.24) is 14.7 Å². The number of nitrogens with zero attached hydrogens (tertiary/aromatic N) is 2. The Hall–Kier alpha value is -5.81. The standard InChI is InChI=1S/C41H33Cl2N5O4S/c1-26-36(41(52)48(47(26)2)30-17-10-5-11-18-30)46-40(51)37(27-13-6-3-7-14-27)53-31-23-21-29(22-24-31)44-39(50)35(25-32-33(42)19-12-20-34(32)43)45-38(49)28-15-8-4-9-16-28/h3-25,37H,1-2H3,(H,44,50)(H,45,49)(H,46,51)/b35-25-. The lowest BCUT2D eigenvalue weighted by atomic mass is 10.1. The van der Waals surface area contributed by atoms with Gasteiger partial charge in [-0.15, -0.1) is 11.8 Å². The molecule has 6 aromatic rings. The van der Waals surface area contributed by atoms with Gasteiger partial charge in [-0.2, -0.15) is 0 Å². The van der Waals surface area contributed by atoms with E-state index in [2.05, 4.69) is 16.0 Å². The second kappa shape index (κ2) is 16.7. The van der Waals surface area contributed by atoms with Crippen molar-refractivity contribution in [3.63, 3.8) is 0 Å². The summed E-state index contributed by atoms with van der Waals surface area (Å²) in [4.78, 5) is 54.9. The number of hydrogen-bond donors (Lipinski definition) is 3. The molecule has 3 N–H and O–H groups in total. The largest absolute Gasteiger partial charge is 0.321 e. The molecule has 9 nitrogen and oxygen atoms in total. The number of halogens is 2. The number of thioether (sulfide) groups is 1. The second-order valence-corrected chi connectivity index (χ2v) is 13.8. The van der Waals surface area contributed by atoms with Gasteiger partial charge in [0.25, 0.3) is 17.4 Å². The molecule has 12 heteroatoms. The number of nitrogens with one attached hydrogen (secondary N) is 3. The van der Waals surface area contributed by atoms with Crippen LogP contribution in [0.3, 0.4) is 0 Å². The van der Waals surface area contributed by atoms with Crippen molar-refractivity contribution >= 4 is 70.1 Å². The third-order valence-electron chi connectivity index (χ3n) is 8.33. The number of rotatable bonds is 11. The van der Waals surface area contributed by atoms with Gasteiger partial charge in [0.1, 0.15) is 16.6 Å². The van der Waals surface area contributed by atoms with Crippen LogP contribution in [0.1, 0.15) is 32.4 Å². The molecule has 0 saturated carbocycles. The molecule has 0 bridgehead atoms. The third-order valence-corrected chi connectivity index (χ3v) is 10.3. The number of carbonyl (C=O) groups is 3. The first-order valence-corrected chi connectivity index (χ1v) is 18.0. The average Bonchev–Trinajstić information content (AvgIpc) is 3.38. The molecule has 5 aromatic carbocycles. The van der Waals surface area contributed by atoms with E-state index in [4.69, 9.17) is 23.2 Å². The first-order valence-electron chi connectivity index (χ1n) is 16.4. The maximum absolute atomic E-state index is 13.9. The van der Waals surface area contributed by atoms with Crippen LogP contribution in [0.2, 0.25) is 10.0 Å². The summed E-state index contributed by atoms with van der Waals surface area (Å²) < 4.78 is 3.22. The monoisotopic (exact) mass is 761 g/mol. The minimum Gasteiger partial charge on any atom is -0.321 e. The number of para-hydroxylation sites is 1. The molecule has 0 spiro atoms. The molecule has 0 fully saturated rings. The molecule has 53 heavy (non-hydrogen) atoms. The highest BCUT2D eigenvalue weighted by atomic mass is 35.5. The summed E-state index contributed by atoms with van der Waals surface area (Å²) in [5, 5.41) is 8.30. The molecule has 6 rings (SSSR count). The smallest absolute Gasteiger partial charge is 0.295 e. The van der Waals surface area contributed by atoms with E-state index >= 15 is 0 Å². The van der Waals surface area contributed by atoms with Gasteiger partial charge in [-0.25, -0.2) is 4.68 Å². The van der Waals surface area contributed by atoms with Crippen molar-refractivity contribution < 1.29 is 14.4 Å². The molecule has 1 atom stereocenters. The molecule has 1 unspecified atom stereocenters. The second-order valence-electron chi connectivity index (χ2n) is 11.8. The van der Waals surface area contributed by atoms with Crippen LogP contribution in [0.25, 0.3) is 11.8 Å². The van der Waals surface area contributed by atoms with E-state index in [1.54, 1.807) is 91.4 Å². The van der Waals surface area contributed by atoms with Gasteiger partial charge >= 0.3 is 0 Å². The number of carbonyl (C=O) groups excluding carboxylic acids is 3. The Morgan fingerprint density at radius 1 is 0.736 bits per heavy atom. The summed E-state index contributed by atoms with van der Waals surface area (Å²) in [6, 6.07) is 38.9. The van der Waals surface area contributed by atoms with Gasteiger partial charge in [0.15, 0.2) is 0 Å². The zero-order valence-electron chi connectivity index (χ0n) is 28.5. The van der Waals surface area contributed by atoms with Crippen molar-refractivity contribution in [2.75, 3.05) is 10.6 Å². The number of hydrogen-bond acceptors (Lipinski definition) is 5. The molecule has 0 radical (unpaired) electrons. The number of benzene rings is 5. The molecule has 1 aromatic heterocycles. The minimum absolute atomic E-state index is 0.0735. The first kappa shape index (κ1) is 37.0. The SMILES string of the molecule is Cc1c(NC(=O)C(Sc2ccc(NC(=O)/C(=C/c3c(Cl)cccc3Cl)NC(=O)c3ccccc3)cc2)c2ccccc2)c(=O)n(-c2ccccc2)n1C. The summed E-state index contributed by atoms with van der Waals surface area (Å²) in [7, 11) is 1.77. The Labute approximate surface area is 320 Å². The van der Waals surface area contributed by atoms with Gasteiger partial charge < -0.3 is 16.0 Å². The van der Waals surface area contributed by atoms with E-state index in [1.165, 1.54) is 22.5 Å². The van der Waals surface area contributed by atoms with Gasteiger partial charge in [0.2, 0.25) is 5.91 Å². The van der Waals surface area contributed by atoms with Crippen molar-refractivity contribution in [2.45, 2.75) is 17.1 Å². The predicted octanol–water partition coefficient (Wildman–Crippen LogP) is 8.67. The van der Waals surface area contributed by atoms with Gasteiger partial charge in [0, 0.05) is 38.8 Å². The first-order chi connectivity index (χ1) is 25.6. The van der Waals surface area contributed by atoms with Crippen LogP contribution < -0.4 is 21.5 Å². The lowest BCUT2D eigenvalue weighted by Crippen LogP contribution is -2.30. The van der Waals surface area contributed by atoms with E-state index in [-0.39, 0.29) is 22.9 Å². The lowest BCUT2D eigenvalue weighted by molar-refractivity contribution is -0.116. The van der Waals surface area contributed by atoms with E-state index in [0.717, 1.165) is 10.5 Å². The highest BCUT2D eigenvalue weighted by Gasteiger charge is 2.26. The summed E-state index contributed by atoms with van der Waals surface area (Å²) in [5.74, 6) is -1.46. The Morgan fingerprint density at radius 3 is 1.94 bits per heavy atom. The summed E-state index contributed by atoms with van der Waals surface area (Å²) in [6.07, 6.45) is 1.43. The van der Waals surface area contributed by atoms with Crippen LogP contribution >= 0.6 is 35.0 Å². The zero-order valence-corrected chi connectivity index (χ0v) is 30.9. The quantitative estimate of drug-likeness (QED) is 0.0904. The van der Waals surface area contributed by atoms with Crippen LogP contribution in [0, 0.1) is 6.92 Å². The lowest BCUT2D eigenvalue weighted by Gasteiger charge is -2.17. The van der Waals surface area contributed by atoms with Crippen molar-refractivity contribution in [3.05, 3.63) is 182 Å². The third kappa shape index (κ3) is 8.64. The van der Waals surface area contributed by atoms with Crippen LogP contribution in [0.15, 0.2) is 149 Å². The van der Waals surface area contributed by atoms with E-state index < -0.39 is 17.1 Å². The van der Waals surface area contributed by atoms with E-state index in [0.29, 0.717) is 38.2 Å². The maximum Gasteiger partial charge on any atom is 0.295 e. The highest BCUT2D eigenvalue weighted by molar-refractivity contribution is 8.00. The molecule has 0 aliphatic carbocycles. The molecule has 266 valence electrons. The Bertz CT molecular complexity index is 2340. The molecular weight excluding hydrogens is 729 g/mol. The van der Waals surface area contributed by atoms with Crippen molar-refractivity contribution in [1.29, 1.82) is 0 Å². The fraction of sp³-hybridized carbons (Fsp3) is 0.0732. The average molecular weight is 763 g/mol. The van der Waals surface area contributed by atoms with Gasteiger partial charge in [-0.3, -0.25) is 23.9 Å². The number of anilines is 2. The van der Waals surface area contributed by atoms with Gasteiger partial charge in [-0.05, 0) is 79.2 Å². The Morgan fingerprint density at radius 2 is 1.32 bits per heavy atom.